The van der Waals surface area contributed by atoms with Gasteiger partial charge in [-0.2, -0.15) is 0 Å². The number of rotatable bonds is 8. The van der Waals surface area contributed by atoms with Crippen LogP contribution in [0, 0.1) is 5.92 Å². The molecule has 0 radical (unpaired) electrons. The van der Waals surface area contributed by atoms with Gasteiger partial charge in [0, 0.05) is 24.9 Å². The maximum atomic E-state index is 11.7. The van der Waals surface area contributed by atoms with Crippen molar-refractivity contribution in [3.05, 3.63) is 35.4 Å². The Hall–Kier alpha value is -1.64. The summed E-state index contributed by atoms with van der Waals surface area (Å²) in [7, 11) is 0. The van der Waals surface area contributed by atoms with Crippen LogP contribution in [-0.4, -0.2) is 11.7 Å². The van der Waals surface area contributed by atoms with E-state index in [9.17, 15) is 9.59 Å². The zero-order valence-electron chi connectivity index (χ0n) is 12.7. The molecular formula is C17H25NO2. The van der Waals surface area contributed by atoms with Gasteiger partial charge in [0.1, 0.15) is 0 Å². The van der Waals surface area contributed by atoms with Crippen molar-refractivity contribution < 1.29 is 9.59 Å². The number of carbonyl (C=O) groups is 2. The average molecular weight is 275 g/mol. The van der Waals surface area contributed by atoms with E-state index in [1.807, 2.05) is 31.2 Å². The quantitative estimate of drug-likeness (QED) is 0.735. The Morgan fingerprint density at radius 1 is 1.25 bits per heavy atom. The molecule has 0 atom stereocenters. The smallest absolute Gasteiger partial charge is 0.220 e. The highest BCUT2D eigenvalue weighted by molar-refractivity contribution is 5.95. The fraction of sp³-hybridized carbons (Fsp3) is 0.529. The molecule has 1 aromatic carbocycles. The fourth-order valence-electron chi connectivity index (χ4n) is 2.02. The summed E-state index contributed by atoms with van der Waals surface area (Å²) in [6.07, 6.45) is 3.09. The summed E-state index contributed by atoms with van der Waals surface area (Å²) in [5, 5.41) is 2.91. The first kappa shape index (κ1) is 16.4. The molecule has 1 N–H and O–H groups in total. The number of Topliss-reactive ketones (excluding diaryl/α,β-unsaturated/α-hetero) is 1. The van der Waals surface area contributed by atoms with Crippen LogP contribution in [0.3, 0.4) is 0 Å². The minimum atomic E-state index is 0.0814. The molecule has 0 aliphatic heterocycles. The van der Waals surface area contributed by atoms with Crippen LogP contribution in [0.25, 0.3) is 0 Å². The van der Waals surface area contributed by atoms with Crippen LogP contribution in [0.1, 0.15) is 62.4 Å². The first-order valence-electron chi connectivity index (χ1n) is 7.41. The third-order valence-electron chi connectivity index (χ3n) is 3.25. The zero-order valence-corrected chi connectivity index (χ0v) is 12.7. The van der Waals surface area contributed by atoms with Crippen LogP contribution in [0.4, 0.5) is 0 Å². The minimum Gasteiger partial charge on any atom is -0.352 e. The number of hydrogen-bond donors (Lipinski definition) is 1. The first-order chi connectivity index (χ1) is 9.52. The van der Waals surface area contributed by atoms with Crippen molar-refractivity contribution in [3.8, 4) is 0 Å². The second kappa shape index (κ2) is 8.51. The molecule has 1 amide bonds. The van der Waals surface area contributed by atoms with E-state index in [2.05, 4.69) is 19.2 Å². The zero-order chi connectivity index (χ0) is 15.0. The van der Waals surface area contributed by atoms with E-state index in [1.54, 1.807) is 0 Å². The minimum absolute atomic E-state index is 0.0814. The van der Waals surface area contributed by atoms with Gasteiger partial charge in [-0.15, -0.1) is 0 Å². The van der Waals surface area contributed by atoms with Gasteiger partial charge in [-0.05, 0) is 24.0 Å². The third-order valence-corrected chi connectivity index (χ3v) is 3.25. The largest absolute Gasteiger partial charge is 0.352 e. The van der Waals surface area contributed by atoms with Crippen molar-refractivity contribution in [1.29, 1.82) is 0 Å². The van der Waals surface area contributed by atoms with E-state index in [0.717, 1.165) is 24.0 Å². The van der Waals surface area contributed by atoms with Crippen LogP contribution in [0.2, 0.25) is 0 Å². The second-order valence-electron chi connectivity index (χ2n) is 5.54. The number of ketones is 1. The normalized spacial score (nSPS) is 10.6. The molecule has 0 aliphatic carbocycles. The molecule has 3 nitrogen and oxygen atoms in total. The summed E-state index contributed by atoms with van der Waals surface area (Å²) in [6, 6.07) is 7.48. The topological polar surface area (TPSA) is 46.2 Å². The molecule has 0 saturated carbocycles. The molecule has 0 fully saturated rings. The summed E-state index contributed by atoms with van der Waals surface area (Å²) >= 11 is 0. The standard InChI is InChI=1S/C17H25NO2/c1-4-16(19)15-9-6-8-14(11-15)12-18-17(20)10-5-7-13(2)3/h6,8-9,11,13H,4-5,7,10,12H2,1-3H3,(H,18,20). The average Bonchev–Trinajstić information content (AvgIpc) is 2.44. The van der Waals surface area contributed by atoms with Gasteiger partial charge in [-0.1, -0.05) is 45.4 Å². The van der Waals surface area contributed by atoms with Crippen LogP contribution in [0.15, 0.2) is 24.3 Å². The molecular weight excluding hydrogens is 250 g/mol. The van der Waals surface area contributed by atoms with E-state index in [-0.39, 0.29) is 11.7 Å². The molecule has 0 bridgehead atoms. The Morgan fingerprint density at radius 3 is 2.65 bits per heavy atom. The summed E-state index contributed by atoms with van der Waals surface area (Å²) in [6.45, 7) is 6.67. The van der Waals surface area contributed by atoms with Gasteiger partial charge in [-0.25, -0.2) is 0 Å². The highest BCUT2D eigenvalue weighted by atomic mass is 16.1. The van der Waals surface area contributed by atoms with Crippen molar-refractivity contribution >= 4 is 11.7 Å². The van der Waals surface area contributed by atoms with Crippen molar-refractivity contribution in [3.63, 3.8) is 0 Å². The van der Waals surface area contributed by atoms with Gasteiger partial charge in [0.2, 0.25) is 5.91 Å². The predicted molar refractivity (Wildman–Crippen MR) is 81.6 cm³/mol. The van der Waals surface area contributed by atoms with Crippen molar-refractivity contribution in [2.45, 2.75) is 53.0 Å². The van der Waals surface area contributed by atoms with E-state index < -0.39 is 0 Å². The predicted octanol–water partition coefficient (Wildman–Crippen LogP) is 3.72. The van der Waals surface area contributed by atoms with Gasteiger partial charge in [0.25, 0.3) is 0 Å². The lowest BCUT2D eigenvalue weighted by molar-refractivity contribution is -0.121. The molecule has 110 valence electrons. The monoisotopic (exact) mass is 275 g/mol. The number of carbonyl (C=O) groups excluding carboxylic acids is 2. The lowest BCUT2D eigenvalue weighted by Crippen LogP contribution is -2.22. The maximum Gasteiger partial charge on any atom is 0.220 e. The number of amides is 1. The second-order valence-corrected chi connectivity index (χ2v) is 5.54. The summed E-state index contributed by atoms with van der Waals surface area (Å²) in [5.74, 6) is 0.854. The molecule has 1 rings (SSSR count). The van der Waals surface area contributed by atoms with Gasteiger partial charge in [0.05, 0.1) is 0 Å². The molecule has 0 aromatic heterocycles. The lowest BCUT2D eigenvalue weighted by Gasteiger charge is -2.07. The molecule has 0 spiro atoms. The molecule has 3 heteroatoms. The molecule has 0 unspecified atom stereocenters. The third kappa shape index (κ3) is 6.00. The van der Waals surface area contributed by atoms with Crippen LogP contribution in [-0.2, 0) is 11.3 Å². The SMILES string of the molecule is CCC(=O)c1cccc(CNC(=O)CCCC(C)C)c1. The molecule has 1 aromatic rings. The number of nitrogens with one attached hydrogen (secondary N) is 1. The molecule has 0 heterocycles. The van der Waals surface area contributed by atoms with Gasteiger partial charge >= 0.3 is 0 Å². The number of hydrogen-bond acceptors (Lipinski definition) is 2. The van der Waals surface area contributed by atoms with Crippen molar-refractivity contribution in [2.75, 3.05) is 0 Å². The molecule has 20 heavy (non-hydrogen) atoms. The van der Waals surface area contributed by atoms with E-state index in [0.29, 0.717) is 25.3 Å². The Kier molecular flexibility index (Phi) is 6.99. The Bertz CT molecular complexity index is 452. The van der Waals surface area contributed by atoms with E-state index in [1.165, 1.54) is 0 Å². The van der Waals surface area contributed by atoms with E-state index in [4.69, 9.17) is 0 Å². The Balaban J connectivity index is 2.41. The lowest BCUT2D eigenvalue weighted by atomic mass is 10.1. The highest BCUT2D eigenvalue weighted by Gasteiger charge is 2.05. The fourth-order valence-corrected chi connectivity index (χ4v) is 2.02. The molecule has 0 aliphatic rings. The van der Waals surface area contributed by atoms with Gasteiger partial charge in [-0.3, -0.25) is 9.59 Å². The van der Waals surface area contributed by atoms with E-state index >= 15 is 0 Å². The van der Waals surface area contributed by atoms with Crippen molar-refractivity contribution in [2.24, 2.45) is 5.92 Å². The van der Waals surface area contributed by atoms with Gasteiger partial charge < -0.3 is 5.32 Å². The Morgan fingerprint density at radius 2 is 2.00 bits per heavy atom. The van der Waals surface area contributed by atoms with Crippen molar-refractivity contribution in [1.82, 2.24) is 5.32 Å². The van der Waals surface area contributed by atoms with Crippen LogP contribution < -0.4 is 5.32 Å². The highest BCUT2D eigenvalue weighted by Crippen LogP contribution is 2.09. The first-order valence-corrected chi connectivity index (χ1v) is 7.41. The summed E-state index contributed by atoms with van der Waals surface area (Å²) < 4.78 is 0. The Labute approximate surface area is 121 Å². The maximum absolute atomic E-state index is 11.7. The van der Waals surface area contributed by atoms with Crippen LogP contribution in [0.5, 0.6) is 0 Å². The number of benzene rings is 1. The summed E-state index contributed by atoms with van der Waals surface area (Å²) in [5.41, 5.74) is 1.69. The summed E-state index contributed by atoms with van der Waals surface area (Å²) in [4.78, 5) is 23.3. The van der Waals surface area contributed by atoms with Crippen LogP contribution >= 0.6 is 0 Å². The molecule has 0 saturated heterocycles. The van der Waals surface area contributed by atoms with Gasteiger partial charge in [0.15, 0.2) is 5.78 Å².